The molecule has 0 heterocycles. The summed E-state index contributed by atoms with van der Waals surface area (Å²) < 4.78 is 15.5. The third-order valence-corrected chi connectivity index (χ3v) is 4.56. The maximum Gasteiger partial charge on any atom is 0.196 e. The summed E-state index contributed by atoms with van der Waals surface area (Å²) >= 11 is 3.42. The Kier molecular flexibility index (Phi) is 5.00. The van der Waals surface area contributed by atoms with Crippen LogP contribution in [0.15, 0.2) is 65.1 Å². The van der Waals surface area contributed by atoms with E-state index in [2.05, 4.69) is 21.2 Å². The van der Waals surface area contributed by atoms with E-state index in [4.69, 9.17) is 0 Å². The maximum absolute atomic E-state index is 14.5. The van der Waals surface area contributed by atoms with Crippen LogP contribution in [-0.2, 0) is 0 Å². The van der Waals surface area contributed by atoms with Crippen LogP contribution in [0.3, 0.4) is 0 Å². The molecule has 0 aliphatic heterocycles. The highest BCUT2D eigenvalue weighted by Gasteiger charge is 2.16. The number of hydrogen-bond donors (Lipinski definition) is 1. The number of rotatable bonds is 4. The molecule has 0 saturated carbocycles. The number of carbonyl (C=O) groups is 1. The molecule has 0 spiro atoms. The van der Waals surface area contributed by atoms with E-state index < -0.39 is 5.82 Å². The molecule has 0 radical (unpaired) electrons. The van der Waals surface area contributed by atoms with E-state index in [0.717, 1.165) is 21.3 Å². The first-order valence-corrected chi connectivity index (χ1v) is 8.68. The number of aryl methyl sites for hydroxylation is 2. The third-order valence-electron chi connectivity index (χ3n) is 4.07. The average molecular weight is 398 g/mol. The van der Waals surface area contributed by atoms with Gasteiger partial charge in [0, 0.05) is 21.4 Å². The zero-order valence-electron chi connectivity index (χ0n) is 13.9. The summed E-state index contributed by atoms with van der Waals surface area (Å²) in [6.45, 7) is 3.82. The lowest BCUT2D eigenvalue weighted by Crippen LogP contribution is -2.06. The molecule has 0 bridgehead atoms. The second-order valence-electron chi connectivity index (χ2n) is 5.92. The second-order valence-corrected chi connectivity index (χ2v) is 6.84. The molecule has 126 valence electrons. The van der Waals surface area contributed by atoms with Crippen LogP contribution in [0.1, 0.15) is 27.0 Å². The summed E-state index contributed by atoms with van der Waals surface area (Å²) in [7, 11) is 0. The number of halogens is 2. The number of anilines is 2. The van der Waals surface area contributed by atoms with Gasteiger partial charge in [-0.3, -0.25) is 4.79 Å². The van der Waals surface area contributed by atoms with Gasteiger partial charge in [-0.05, 0) is 61.4 Å². The molecular weight excluding hydrogens is 381 g/mol. The molecule has 0 aliphatic rings. The highest BCUT2D eigenvalue weighted by molar-refractivity contribution is 9.10. The topological polar surface area (TPSA) is 29.1 Å². The predicted molar refractivity (Wildman–Crippen MR) is 103 cm³/mol. The lowest BCUT2D eigenvalue weighted by Gasteiger charge is -2.12. The van der Waals surface area contributed by atoms with Crippen molar-refractivity contribution in [2.75, 3.05) is 5.32 Å². The quantitative estimate of drug-likeness (QED) is 0.532. The van der Waals surface area contributed by atoms with Gasteiger partial charge < -0.3 is 5.32 Å². The summed E-state index contributed by atoms with van der Waals surface area (Å²) in [6.07, 6.45) is 0. The Morgan fingerprint density at radius 1 is 0.920 bits per heavy atom. The van der Waals surface area contributed by atoms with Crippen LogP contribution in [0.25, 0.3) is 0 Å². The number of nitrogens with one attached hydrogen (secondary N) is 1. The standard InChI is InChI=1S/C21H17BrFNO/c1-13-5-3-4-6-17(13)21(25)18-9-8-16(12-19(18)23)24-20-10-7-15(22)11-14(20)2/h3-12,24H,1-2H3. The Morgan fingerprint density at radius 2 is 1.68 bits per heavy atom. The first-order valence-electron chi connectivity index (χ1n) is 7.89. The van der Waals surface area contributed by atoms with Crippen LogP contribution >= 0.6 is 15.9 Å². The number of benzene rings is 3. The molecule has 3 aromatic rings. The van der Waals surface area contributed by atoms with Crippen LogP contribution in [0.2, 0.25) is 0 Å². The molecule has 2 nitrogen and oxygen atoms in total. The first kappa shape index (κ1) is 17.4. The van der Waals surface area contributed by atoms with E-state index in [9.17, 15) is 9.18 Å². The van der Waals surface area contributed by atoms with Crippen molar-refractivity contribution in [3.8, 4) is 0 Å². The largest absolute Gasteiger partial charge is 0.355 e. The molecule has 3 aromatic carbocycles. The van der Waals surface area contributed by atoms with E-state index in [1.54, 1.807) is 18.2 Å². The van der Waals surface area contributed by atoms with Crippen molar-refractivity contribution in [3.05, 3.63) is 93.2 Å². The van der Waals surface area contributed by atoms with E-state index >= 15 is 0 Å². The van der Waals surface area contributed by atoms with Gasteiger partial charge in [0.1, 0.15) is 5.82 Å². The minimum atomic E-state index is -0.534. The monoisotopic (exact) mass is 397 g/mol. The molecule has 0 amide bonds. The molecule has 0 aliphatic carbocycles. The lowest BCUT2D eigenvalue weighted by atomic mass is 9.98. The molecule has 1 N–H and O–H groups in total. The minimum Gasteiger partial charge on any atom is -0.355 e. The van der Waals surface area contributed by atoms with Crippen LogP contribution in [0.4, 0.5) is 15.8 Å². The van der Waals surface area contributed by atoms with Gasteiger partial charge in [-0.25, -0.2) is 4.39 Å². The molecule has 25 heavy (non-hydrogen) atoms. The number of ketones is 1. The lowest BCUT2D eigenvalue weighted by molar-refractivity contribution is 0.103. The molecule has 3 rings (SSSR count). The SMILES string of the molecule is Cc1cc(Br)ccc1Nc1ccc(C(=O)c2ccccc2C)c(F)c1. The first-order chi connectivity index (χ1) is 12.0. The highest BCUT2D eigenvalue weighted by Crippen LogP contribution is 2.26. The van der Waals surface area contributed by atoms with E-state index in [0.29, 0.717) is 11.3 Å². The van der Waals surface area contributed by atoms with Crippen molar-refractivity contribution in [2.24, 2.45) is 0 Å². The molecule has 0 fully saturated rings. The summed E-state index contributed by atoms with van der Waals surface area (Å²) in [6, 6.07) is 17.6. The van der Waals surface area contributed by atoms with E-state index in [-0.39, 0.29) is 11.3 Å². The van der Waals surface area contributed by atoms with Gasteiger partial charge in [-0.1, -0.05) is 40.2 Å². The van der Waals surface area contributed by atoms with Crippen molar-refractivity contribution in [1.82, 2.24) is 0 Å². The van der Waals surface area contributed by atoms with Gasteiger partial charge in [-0.2, -0.15) is 0 Å². The van der Waals surface area contributed by atoms with Crippen molar-refractivity contribution in [3.63, 3.8) is 0 Å². The van der Waals surface area contributed by atoms with Crippen LogP contribution in [0.5, 0.6) is 0 Å². The summed E-state index contributed by atoms with van der Waals surface area (Å²) in [5, 5.41) is 3.19. The van der Waals surface area contributed by atoms with Gasteiger partial charge in [0.05, 0.1) is 5.56 Å². The zero-order chi connectivity index (χ0) is 18.0. The van der Waals surface area contributed by atoms with Crippen molar-refractivity contribution in [2.45, 2.75) is 13.8 Å². The van der Waals surface area contributed by atoms with Crippen molar-refractivity contribution >= 4 is 33.1 Å². The van der Waals surface area contributed by atoms with Crippen LogP contribution < -0.4 is 5.32 Å². The van der Waals surface area contributed by atoms with Gasteiger partial charge in [-0.15, -0.1) is 0 Å². The Morgan fingerprint density at radius 3 is 2.36 bits per heavy atom. The summed E-state index contributed by atoms with van der Waals surface area (Å²) in [4.78, 5) is 12.6. The molecule has 0 aromatic heterocycles. The normalized spacial score (nSPS) is 10.6. The van der Waals surface area contributed by atoms with Gasteiger partial charge in [0.25, 0.3) is 0 Å². The molecule has 0 saturated heterocycles. The Hall–Kier alpha value is -2.46. The van der Waals surface area contributed by atoms with Gasteiger partial charge in [0.15, 0.2) is 5.78 Å². The Labute approximate surface area is 154 Å². The summed E-state index contributed by atoms with van der Waals surface area (Å²) in [5.74, 6) is -0.838. The van der Waals surface area contributed by atoms with E-state index in [1.165, 1.54) is 12.1 Å². The van der Waals surface area contributed by atoms with Crippen LogP contribution in [0, 0.1) is 19.7 Å². The number of carbonyl (C=O) groups excluding carboxylic acids is 1. The van der Waals surface area contributed by atoms with Crippen molar-refractivity contribution < 1.29 is 9.18 Å². The fourth-order valence-corrected chi connectivity index (χ4v) is 3.15. The Balaban J connectivity index is 1.88. The second kappa shape index (κ2) is 7.19. The van der Waals surface area contributed by atoms with Crippen molar-refractivity contribution in [1.29, 1.82) is 0 Å². The predicted octanol–water partition coefficient (Wildman–Crippen LogP) is 6.18. The molecule has 0 unspecified atom stereocenters. The fraction of sp³-hybridized carbons (Fsp3) is 0.0952. The molecule has 4 heteroatoms. The molecular formula is C21H17BrFNO. The number of hydrogen-bond acceptors (Lipinski definition) is 2. The van der Waals surface area contributed by atoms with Gasteiger partial charge >= 0.3 is 0 Å². The summed E-state index contributed by atoms with van der Waals surface area (Å²) in [5.41, 5.74) is 3.96. The highest BCUT2D eigenvalue weighted by atomic mass is 79.9. The molecule has 0 atom stereocenters. The minimum absolute atomic E-state index is 0.0763. The zero-order valence-corrected chi connectivity index (χ0v) is 15.5. The van der Waals surface area contributed by atoms with Crippen LogP contribution in [-0.4, -0.2) is 5.78 Å². The smallest absolute Gasteiger partial charge is 0.196 e. The van der Waals surface area contributed by atoms with Gasteiger partial charge in [0.2, 0.25) is 0 Å². The third kappa shape index (κ3) is 3.80. The maximum atomic E-state index is 14.5. The fourth-order valence-electron chi connectivity index (χ4n) is 2.67. The average Bonchev–Trinajstić information content (AvgIpc) is 2.57. The Bertz CT molecular complexity index is 952. The van der Waals surface area contributed by atoms with E-state index in [1.807, 2.05) is 44.2 Å².